The molecule has 0 atom stereocenters. The maximum Gasteiger partial charge on any atom is 0.258 e. The van der Waals surface area contributed by atoms with Crippen molar-refractivity contribution in [1.82, 2.24) is 5.32 Å². The van der Waals surface area contributed by atoms with Crippen molar-refractivity contribution < 1.29 is 14.3 Å². The van der Waals surface area contributed by atoms with Gasteiger partial charge in [0.05, 0.1) is 6.61 Å². The fourth-order valence-corrected chi connectivity index (χ4v) is 2.10. The lowest BCUT2D eigenvalue weighted by Crippen LogP contribution is -2.31. The van der Waals surface area contributed by atoms with E-state index in [1.807, 2.05) is 18.2 Å². The first-order valence-electron chi connectivity index (χ1n) is 6.55. The number of nitrogens with one attached hydrogen (secondary N) is 2. The minimum Gasteiger partial charge on any atom is -0.483 e. The Bertz CT molecular complexity index is 435. The molecule has 1 heterocycles. The first-order valence-corrected chi connectivity index (χ1v) is 6.55. The molecule has 1 amide bonds. The fraction of sp³-hybridized carbons (Fsp3) is 0.500. The molecule has 2 N–H and O–H groups in total. The zero-order chi connectivity index (χ0) is 13.5. The topological polar surface area (TPSA) is 59.6 Å². The Morgan fingerprint density at radius 1 is 1.47 bits per heavy atom. The molecule has 2 rings (SSSR count). The lowest BCUT2D eigenvalue weighted by atomic mass is 10.0. The third kappa shape index (κ3) is 3.86. The lowest BCUT2D eigenvalue weighted by Gasteiger charge is -2.20. The standard InChI is InChI=1S/C14H20N2O3/c1-18-9-8-16-14(17)10-19-13-6-2-5-12-11(13)4-3-7-15-12/h2,5-6,15H,3-4,7-10H2,1H3,(H,16,17). The summed E-state index contributed by atoms with van der Waals surface area (Å²) in [4.78, 5) is 11.6. The minimum atomic E-state index is -0.126. The number of amides is 1. The third-order valence-electron chi connectivity index (χ3n) is 3.04. The Hall–Kier alpha value is -1.75. The van der Waals surface area contributed by atoms with E-state index < -0.39 is 0 Å². The molecule has 104 valence electrons. The molecule has 0 aliphatic carbocycles. The summed E-state index contributed by atoms with van der Waals surface area (Å²) in [6.07, 6.45) is 2.08. The van der Waals surface area contributed by atoms with Gasteiger partial charge in [0.2, 0.25) is 0 Å². The van der Waals surface area contributed by atoms with E-state index in [4.69, 9.17) is 9.47 Å². The van der Waals surface area contributed by atoms with Gasteiger partial charge in [-0.15, -0.1) is 0 Å². The maximum atomic E-state index is 11.6. The second-order valence-electron chi connectivity index (χ2n) is 4.44. The monoisotopic (exact) mass is 264 g/mol. The summed E-state index contributed by atoms with van der Waals surface area (Å²) in [7, 11) is 1.60. The van der Waals surface area contributed by atoms with Gasteiger partial charge in [0, 0.05) is 31.5 Å². The molecule has 5 heteroatoms. The third-order valence-corrected chi connectivity index (χ3v) is 3.04. The Kier molecular flexibility index (Phi) is 5.03. The van der Waals surface area contributed by atoms with E-state index >= 15 is 0 Å². The first-order chi connectivity index (χ1) is 9.31. The van der Waals surface area contributed by atoms with Crippen molar-refractivity contribution >= 4 is 11.6 Å². The van der Waals surface area contributed by atoms with Crippen LogP contribution in [0.1, 0.15) is 12.0 Å². The smallest absolute Gasteiger partial charge is 0.258 e. The molecule has 0 saturated carbocycles. The van der Waals surface area contributed by atoms with Crippen LogP contribution < -0.4 is 15.4 Å². The Balaban J connectivity index is 1.87. The highest BCUT2D eigenvalue weighted by molar-refractivity contribution is 5.77. The molecule has 0 aromatic heterocycles. The average Bonchev–Trinajstić information content (AvgIpc) is 2.45. The highest BCUT2D eigenvalue weighted by Gasteiger charge is 2.14. The molecular weight excluding hydrogens is 244 g/mol. The molecule has 5 nitrogen and oxygen atoms in total. The summed E-state index contributed by atoms with van der Waals surface area (Å²) >= 11 is 0. The summed E-state index contributed by atoms with van der Waals surface area (Å²) in [5.74, 6) is 0.671. The van der Waals surface area contributed by atoms with E-state index in [9.17, 15) is 4.79 Å². The van der Waals surface area contributed by atoms with E-state index in [0.29, 0.717) is 13.2 Å². The zero-order valence-corrected chi connectivity index (χ0v) is 11.2. The molecule has 1 aliphatic rings. The molecule has 1 aromatic rings. The largest absolute Gasteiger partial charge is 0.483 e. The van der Waals surface area contributed by atoms with Crippen LogP contribution in [0.2, 0.25) is 0 Å². The van der Waals surface area contributed by atoms with Crippen molar-refractivity contribution in [3.63, 3.8) is 0 Å². The number of rotatable bonds is 6. The molecule has 1 aliphatic heterocycles. The number of carbonyl (C=O) groups excluding carboxylic acids is 1. The molecule has 1 aromatic carbocycles. The maximum absolute atomic E-state index is 11.6. The van der Waals surface area contributed by atoms with Crippen LogP contribution >= 0.6 is 0 Å². The van der Waals surface area contributed by atoms with Gasteiger partial charge in [0.25, 0.3) is 5.91 Å². The van der Waals surface area contributed by atoms with Gasteiger partial charge in [-0.05, 0) is 25.0 Å². The predicted molar refractivity (Wildman–Crippen MR) is 73.6 cm³/mol. The summed E-state index contributed by atoms with van der Waals surface area (Å²) in [6, 6.07) is 5.89. The number of anilines is 1. The van der Waals surface area contributed by atoms with Crippen molar-refractivity contribution in [2.24, 2.45) is 0 Å². The first kappa shape index (κ1) is 13.7. The van der Waals surface area contributed by atoms with Gasteiger partial charge in [0.15, 0.2) is 6.61 Å². The predicted octanol–water partition coefficient (Wildman–Crippen LogP) is 1.19. The molecule has 0 unspecified atom stereocenters. The summed E-state index contributed by atoms with van der Waals surface area (Å²) < 4.78 is 10.5. The molecule has 0 radical (unpaired) electrons. The number of ether oxygens (including phenoxy) is 2. The van der Waals surface area contributed by atoms with E-state index in [-0.39, 0.29) is 12.5 Å². The highest BCUT2D eigenvalue weighted by Crippen LogP contribution is 2.30. The number of fused-ring (bicyclic) bond motifs is 1. The van der Waals surface area contributed by atoms with Crippen LogP contribution in [0.4, 0.5) is 5.69 Å². The Morgan fingerprint density at radius 2 is 2.37 bits per heavy atom. The second kappa shape index (κ2) is 6.99. The molecular formula is C14H20N2O3. The number of carbonyl (C=O) groups is 1. The molecule has 0 spiro atoms. The van der Waals surface area contributed by atoms with Gasteiger partial charge in [-0.1, -0.05) is 6.07 Å². The van der Waals surface area contributed by atoms with E-state index in [0.717, 1.165) is 30.8 Å². The zero-order valence-electron chi connectivity index (χ0n) is 11.2. The summed E-state index contributed by atoms with van der Waals surface area (Å²) in [5, 5.41) is 6.06. The van der Waals surface area contributed by atoms with Crippen LogP contribution in [0, 0.1) is 0 Å². The quantitative estimate of drug-likeness (QED) is 0.758. The van der Waals surface area contributed by atoms with Crippen LogP contribution in [-0.2, 0) is 16.0 Å². The van der Waals surface area contributed by atoms with E-state index in [2.05, 4.69) is 10.6 Å². The number of benzene rings is 1. The Labute approximate surface area is 113 Å². The van der Waals surface area contributed by atoms with Crippen molar-refractivity contribution in [2.75, 3.05) is 38.7 Å². The van der Waals surface area contributed by atoms with Gasteiger partial charge in [0.1, 0.15) is 5.75 Å². The molecule has 0 bridgehead atoms. The summed E-state index contributed by atoms with van der Waals surface area (Å²) in [6.45, 7) is 2.05. The minimum absolute atomic E-state index is 0.0418. The number of hydrogen-bond acceptors (Lipinski definition) is 4. The van der Waals surface area contributed by atoms with Gasteiger partial charge in [-0.3, -0.25) is 4.79 Å². The fourth-order valence-electron chi connectivity index (χ4n) is 2.10. The van der Waals surface area contributed by atoms with Gasteiger partial charge >= 0.3 is 0 Å². The SMILES string of the molecule is COCCNC(=O)COc1cccc2c1CCCN2. The van der Waals surface area contributed by atoms with Crippen LogP contribution in [0.5, 0.6) is 5.75 Å². The van der Waals surface area contributed by atoms with Crippen molar-refractivity contribution in [3.8, 4) is 5.75 Å². The van der Waals surface area contributed by atoms with Crippen LogP contribution in [0.15, 0.2) is 18.2 Å². The summed E-state index contributed by atoms with van der Waals surface area (Å²) in [5.41, 5.74) is 2.28. The van der Waals surface area contributed by atoms with Crippen LogP contribution in [0.3, 0.4) is 0 Å². The van der Waals surface area contributed by atoms with Gasteiger partial charge in [-0.25, -0.2) is 0 Å². The van der Waals surface area contributed by atoms with Gasteiger partial charge < -0.3 is 20.1 Å². The van der Waals surface area contributed by atoms with E-state index in [1.165, 1.54) is 5.56 Å². The number of hydrogen-bond donors (Lipinski definition) is 2. The second-order valence-corrected chi connectivity index (χ2v) is 4.44. The average molecular weight is 264 g/mol. The van der Waals surface area contributed by atoms with Crippen LogP contribution in [0.25, 0.3) is 0 Å². The van der Waals surface area contributed by atoms with Crippen molar-refractivity contribution in [3.05, 3.63) is 23.8 Å². The highest BCUT2D eigenvalue weighted by atomic mass is 16.5. The lowest BCUT2D eigenvalue weighted by molar-refractivity contribution is -0.123. The Morgan fingerprint density at radius 3 is 3.21 bits per heavy atom. The number of methoxy groups -OCH3 is 1. The molecule has 0 fully saturated rings. The van der Waals surface area contributed by atoms with Crippen molar-refractivity contribution in [2.45, 2.75) is 12.8 Å². The van der Waals surface area contributed by atoms with Crippen molar-refractivity contribution in [1.29, 1.82) is 0 Å². The van der Waals surface area contributed by atoms with Gasteiger partial charge in [-0.2, -0.15) is 0 Å². The molecule has 0 saturated heterocycles. The van der Waals surface area contributed by atoms with E-state index in [1.54, 1.807) is 7.11 Å². The van der Waals surface area contributed by atoms with Crippen LogP contribution in [-0.4, -0.2) is 39.3 Å². The molecule has 19 heavy (non-hydrogen) atoms. The normalized spacial score (nSPS) is 13.3.